The Kier molecular flexibility index (Phi) is 7.72. The standard InChI is InChI=1S/C33H34N6O6/c1-20(2)31(32-35-36-37-39(32)17-21-4-7-25(41-3)8-5-21)38(16-22-6-9-27-28(12-22)45-19-44-27)18-24-13-23-14-29-30(43-11-10-42-29)15-26(23)34-33(24)40/h4-9,12-15,20,31H,10-11,16-19H2,1-3H3,(H,34,40)/t31-/m1/s1. The van der Waals surface area contributed by atoms with Crippen LogP contribution in [0.1, 0.15) is 42.4 Å². The zero-order chi connectivity index (χ0) is 30.9. The van der Waals surface area contributed by atoms with E-state index in [9.17, 15) is 4.79 Å². The molecule has 3 aromatic carbocycles. The molecule has 0 fully saturated rings. The lowest BCUT2D eigenvalue weighted by Crippen LogP contribution is -2.35. The highest BCUT2D eigenvalue weighted by Gasteiger charge is 2.31. The van der Waals surface area contributed by atoms with Gasteiger partial charge in [0.2, 0.25) is 6.79 Å². The number of hydrogen-bond acceptors (Lipinski definition) is 10. The molecule has 0 bridgehead atoms. The van der Waals surface area contributed by atoms with E-state index in [1.54, 1.807) is 7.11 Å². The van der Waals surface area contributed by atoms with Crippen molar-refractivity contribution in [2.24, 2.45) is 5.92 Å². The molecule has 2 aliphatic heterocycles. The van der Waals surface area contributed by atoms with Gasteiger partial charge in [0.15, 0.2) is 28.8 Å². The molecule has 0 saturated carbocycles. The maximum atomic E-state index is 13.5. The predicted octanol–water partition coefficient (Wildman–Crippen LogP) is 4.47. The first kappa shape index (κ1) is 28.7. The van der Waals surface area contributed by atoms with Crippen molar-refractivity contribution < 1.29 is 23.7 Å². The summed E-state index contributed by atoms with van der Waals surface area (Å²) in [5, 5.41) is 13.8. The molecule has 1 N–H and O–H groups in total. The van der Waals surface area contributed by atoms with Gasteiger partial charge in [0.25, 0.3) is 5.56 Å². The number of fused-ring (bicyclic) bond motifs is 3. The zero-order valence-corrected chi connectivity index (χ0v) is 25.4. The van der Waals surface area contributed by atoms with Crippen molar-refractivity contribution in [3.8, 4) is 28.7 Å². The van der Waals surface area contributed by atoms with Crippen LogP contribution in [-0.4, -0.2) is 57.2 Å². The van der Waals surface area contributed by atoms with Gasteiger partial charge in [-0.3, -0.25) is 9.69 Å². The third-order valence-electron chi connectivity index (χ3n) is 8.12. The smallest absolute Gasteiger partial charge is 0.252 e. The Morgan fingerprint density at radius 2 is 1.62 bits per heavy atom. The minimum absolute atomic E-state index is 0.0942. The van der Waals surface area contributed by atoms with Crippen molar-refractivity contribution in [2.75, 3.05) is 27.1 Å². The van der Waals surface area contributed by atoms with E-state index in [4.69, 9.17) is 23.7 Å². The van der Waals surface area contributed by atoms with E-state index >= 15 is 0 Å². The maximum absolute atomic E-state index is 13.5. The van der Waals surface area contributed by atoms with Crippen LogP contribution in [0.15, 0.2) is 65.5 Å². The Bertz CT molecular complexity index is 1890. The van der Waals surface area contributed by atoms with E-state index < -0.39 is 0 Å². The molecule has 232 valence electrons. The molecule has 5 aromatic rings. The average molecular weight is 611 g/mol. The quantitative estimate of drug-likeness (QED) is 0.242. The minimum atomic E-state index is -0.237. The lowest BCUT2D eigenvalue weighted by atomic mass is 9.99. The molecule has 0 aliphatic carbocycles. The zero-order valence-electron chi connectivity index (χ0n) is 25.4. The molecule has 2 aliphatic rings. The van der Waals surface area contributed by atoms with Crippen LogP contribution in [-0.2, 0) is 19.6 Å². The maximum Gasteiger partial charge on any atom is 0.252 e. The van der Waals surface area contributed by atoms with Gasteiger partial charge in [-0.25, -0.2) is 4.68 Å². The first-order valence-corrected chi connectivity index (χ1v) is 14.9. The largest absolute Gasteiger partial charge is 0.497 e. The monoisotopic (exact) mass is 610 g/mol. The summed E-state index contributed by atoms with van der Waals surface area (Å²) in [6, 6.07) is 19.2. The number of rotatable bonds is 10. The molecule has 0 radical (unpaired) electrons. The number of nitrogens with one attached hydrogen (secondary N) is 1. The summed E-state index contributed by atoms with van der Waals surface area (Å²) in [4.78, 5) is 18.8. The van der Waals surface area contributed by atoms with Crippen molar-refractivity contribution in [3.63, 3.8) is 0 Å². The predicted molar refractivity (Wildman–Crippen MR) is 165 cm³/mol. The molecule has 12 nitrogen and oxygen atoms in total. The van der Waals surface area contributed by atoms with E-state index in [0.29, 0.717) is 67.0 Å². The van der Waals surface area contributed by atoms with Crippen LogP contribution in [0.25, 0.3) is 10.9 Å². The normalized spacial score (nSPS) is 14.3. The van der Waals surface area contributed by atoms with E-state index in [1.807, 2.05) is 65.3 Å². The van der Waals surface area contributed by atoms with Gasteiger partial charge >= 0.3 is 0 Å². The van der Waals surface area contributed by atoms with Gasteiger partial charge in [-0.2, -0.15) is 0 Å². The van der Waals surface area contributed by atoms with E-state index in [-0.39, 0.29) is 24.3 Å². The van der Waals surface area contributed by atoms with Crippen LogP contribution in [0, 0.1) is 5.92 Å². The van der Waals surface area contributed by atoms with Crippen LogP contribution in [0.2, 0.25) is 0 Å². The third-order valence-corrected chi connectivity index (χ3v) is 8.12. The highest BCUT2D eigenvalue weighted by molar-refractivity contribution is 5.83. The fraction of sp³-hybridized carbons (Fsp3) is 0.333. The molecule has 0 spiro atoms. The Balaban J connectivity index is 1.26. The number of hydrogen-bond donors (Lipinski definition) is 1. The number of H-pyrrole nitrogens is 1. The van der Waals surface area contributed by atoms with Crippen LogP contribution in [0.3, 0.4) is 0 Å². The van der Waals surface area contributed by atoms with Gasteiger partial charge in [-0.05, 0) is 63.9 Å². The second kappa shape index (κ2) is 12.1. The van der Waals surface area contributed by atoms with E-state index in [1.165, 1.54) is 0 Å². The average Bonchev–Trinajstić information content (AvgIpc) is 3.70. The van der Waals surface area contributed by atoms with Crippen LogP contribution < -0.4 is 29.2 Å². The first-order valence-electron chi connectivity index (χ1n) is 14.9. The molecule has 7 rings (SSSR count). The van der Waals surface area contributed by atoms with Gasteiger partial charge in [0.1, 0.15) is 19.0 Å². The van der Waals surface area contributed by atoms with Crippen LogP contribution >= 0.6 is 0 Å². The summed E-state index contributed by atoms with van der Waals surface area (Å²) in [5.41, 5.74) is 3.18. The number of benzene rings is 3. The minimum Gasteiger partial charge on any atom is -0.497 e. The Labute approximate surface area is 259 Å². The molecular formula is C33H34N6O6. The van der Waals surface area contributed by atoms with Crippen LogP contribution in [0.4, 0.5) is 0 Å². The molecule has 0 unspecified atom stereocenters. The Hall–Kier alpha value is -5.10. The number of nitrogens with zero attached hydrogens (tertiary/aromatic N) is 5. The molecular weight excluding hydrogens is 576 g/mol. The van der Waals surface area contributed by atoms with Crippen molar-refractivity contribution >= 4 is 10.9 Å². The fourth-order valence-corrected chi connectivity index (χ4v) is 5.97. The summed E-state index contributed by atoms with van der Waals surface area (Å²) in [6.07, 6.45) is 0. The van der Waals surface area contributed by atoms with Gasteiger partial charge in [-0.15, -0.1) is 5.10 Å². The summed E-state index contributed by atoms with van der Waals surface area (Å²) in [5.74, 6) is 4.30. The number of methoxy groups -OCH3 is 1. The topological polar surface area (TPSA) is 126 Å². The summed E-state index contributed by atoms with van der Waals surface area (Å²) in [7, 11) is 1.65. The highest BCUT2D eigenvalue weighted by Crippen LogP contribution is 2.37. The number of ether oxygens (including phenoxy) is 5. The van der Waals surface area contributed by atoms with Crippen molar-refractivity contribution in [3.05, 3.63) is 93.5 Å². The van der Waals surface area contributed by atoms with E-state index in [2.05, 4.69) is 39.3 Å². The number of aromatic nitrogens is 5. The molecule has 4 heterocycles. The number of aromatic amines is 1. The molecule has 2 aromatic heterocycles. The summed E-state index contributed by atoms with van der Waals surface area (Å²) >= 11 is 0. The molecule has 0 saturated heterocycles. The summed E-state index contributed by atoms with van der Waals surface area (Å²) in [6.45, 7) is 6.76. The number of pyridine rings is 1. The Morgan fingerprint density at radius 1 is 0.889 bits per heavy atom. The van der Waals surface area contributed by atoms with Crippen molar-refractivity contribution in [1.29, 1.82) is 0 Å². The first-order chi connectivity index (χ1) is 21.9. The molecule has 0 amide bonds. The second-order valence-corrected chi connectivity index (χ2v) is 11.5. The fourth-order valence-electron chi connectivity index (χ4n) is 5.97. The van der Waals surface area contributed by atoms with Gasteiger partial charge in [0.05, 0.1) is 25.2 Å². The van der Waals surface area contributed by atoms with Crippen molar-refractivity contribution in [1.82, 2.24) is 30.1 Å². The third kappa shape index (κ3) is 5.88. The van der Waals surface area contributed by atoms with Crippen LogP contribution in [0.5, 0.6) is 28.7 Å². The van der Waals surface area contributed by atoms with Gasteiger partial charge < -0.3 is 28.7 Å². The number of tetrazole rings is 1. The lowest BCUT2D eigenvalue weighted by Gasteiger charge is -2.33. The molecule has 12 heteroatoms. The molecule has 45 heavy (non-hydrogen) atoms. The van der Waals surface area contributed by atoms with Gasteiger partial charge in [0, 0.05) is 30.1 Å². The molecule has 1 atom stereocenters. The summed E-state index contributed by atoms with van der Waals surface area (Å²) < 4.78 is 29.9. The highest BCUT2D eigenvalue weighted by atomic mass is 16.7. The van der Waals surface area contributed by atoms with Crippen molar-refractivity contribution in [2.45, 2.75) is 39.5 Å². The van der Waals surface area contributed by atoms with Gasteiger partial charge in [-0.1, -0.05) is 32.0 Å². The Morgan fingerprint density at radius 3 is 2.40 bits per heavy atom. The SMILES string of the molecule is COc1ccc(Cn2nnnc2[C@@H](C(C)C)N(Cc2ccc3c(c2)OCO3)Cc2cc3cc4c(cc3[nH]c2=O)OCCO4)cc1. The second-order valence-electron chi connectivity index (χ2n) is 11.5. The lowest BCUT2D eigenvalue weighted by molar-refractivity contribution is 0.126. The van der Waals surface area contributed by atoms with E-state index in [0.717, 1.165) is 28.0 Å².